The standard InChI is InChI=1S/C21H23N4O5P/c22-19-9-11-25(21(27)24-19)20-8-7-18(29-20)14-28-31(23-10-12-26)30-17-6-5-15-3-1-2-4-16(15)13-17/h1-6,9,11-13,18,20,23H,7-8,10,14H2,(H2,22,24,27). The van der Waals surface area contributed by atoms with Crippen LogP contribution in [-0.4, -0.2) is 35.1 Å². The maximum absolute atomic E-state index is 12.0. The summed E-state index contributed by atoms with van der Waals surface area (Å²) in [5.74, 6) is 0.824. The van der Waals surface area contributed by atoms with Gasteiger partial charge in [-0.3, -0.25) is 4.57 Å². The van der Waals surface area contributed by atoms with Crippen LogP contribution in [0.2, 0.25) is 0 Å². The zero-order valence-corrected chi connectivity index (χ0v) is 17.6. The van der Waals surface area contributed by atoms with Crippen molar-refractivity contribution in [3.8, 4) is 5.75 Å². The summed E-state index contributed by atoms with van der Waals surface area (Å²) in [6, 6.07) is 15.3. The predicted octanol–water partition coefficient (Wildman–Crippen LogP) is 2.77. The molecule has 1 aliphatic rings. The van der Waals surface area contributed by atoms with E-state index in [-0.39, 0.29) is 25.1 Å². The number of hydrogen-bond donors (Lipinski definition) is 2. The number of nitrogens with zero attached hydrogens (tertiary/aromatic N) is 2. The van der Waals surface area contributed by atoms with E-state index in [1.165, 1.54) is 4.57 Å². The first-order chi connectivity index (χ1) is 15.1. The lowest BCUT2D eigenvalue weighted by Gasteiger charge is -2.20. The Labute approximate surface area is 180 Å². The molecule has 3 unspecified atom stereocenters. The molecule has 4 rings (SSSR count). The lowest BCUT2D eigenvalue weighted by atomic mass is 10.1. The van der Waals surface area contributed by atoms with Gasteiger partial charge in [0.05, 0.1) is 19.3 Å². The van der Waals surface area contributed by atoms with Gasteiger partial charge in [0, 0.05) is 6.20 Å². The number of carbonyl (C=O) groups is 1. The Morgan fingerprint density at radius 2 is 2.06 bits per heavy atom. The molecule has 9 nitrogen and oxygen atoms in total. The van der Waals surface area contributed by atoms with E-state index in [1.54, 1.807) is 12.3 Å². The summed E-state index contributed by atoms with van der Waals surface area (Å²) in [7, 11) is -1.55. The first kappa shape index (κ1) is 21.4. The molecule has 3 aromatic rings. The zero-order valence-electron chi connectivity index (χ0n) is 16.7. The fourth-order valence-electron chi connectivity index (χ4n) is 3.35. The van der Waals surface area contributed by atoms with Gasteiger partial charge in [0.25, 0.3) is 0 Å². The quantitative estimate of drug-likeness (QED) is 0.384. The van der Waals surface area contributed by atoms with Crippen molar-refractivity contribution in [3.05, 3.63) is 65.2 Å². The molecule has 2 aromatic carbocycles. The summed E-state index contributed by atoms with van der Waals surface area (Å²) in [6.07, 6.45) is 3.09. The SMILES string of the molecule is Nc1ccn(C2CCC(COP(NCC=O)Oc3ccc4ccccc4c3)O2)c(=O)n1. The molecule has 1 aromatic heterocycles. The number of nitrogens with one attached hydrogen (secondary N) is 1. The summed E-state index contributed by atoms with van der Waals surface area (Å²) < 4.78 is 19.2. The van der Waals surface area contributed by atoms with E-state index in [0.29, 0.717) is 18.6 Å². The molecule has 10 heteroatoms. The molecule has 0 bridgehead atoms. The van der Waals surface area contributed by atoms with E-state index >= 15 is 0 Å². The van der Waals surface area contributed by atoms with E-state index in [2.05, 4.69) is 10.1 Å². The topological polar surface area (TPSA) is 118 Å². The molecule has 0 radical (unpaired) electrons. The summed E-state index contributed by atoms with van der Waals surface area (Å²) in [6.45, 7) is 0.374. The molecule has 1 saturated heterocycles. The summed E-state index contributed by atoms with van der Waals surface area (Å²) in [5.41, 5.74) is 5.10. The highest BCUT2D eigenvalue weighted by Gasteiger charge is 2.29. The van der Waals surface area contributed by atoms with Crippen LogP contribution in [0, 0.1) is 0 Å². The van der Waals surface area contributed by atoms with Crippen LogP contribution >= 0.6 is 8.53 Å². The number of rotatable bonds is 9. The molecular formula is C21H23N4O5P. The second-order valence-corrected chi connectivity index (χ2v) is 8.29. The van der Waals surface area contributed by atoms with Crippen molar-refractivity contribution in [3.63, 3.8) is 0 Å². The minimum Gasteiger partial charge on any atom is -0.436 e. The monoisotopic (exact) mass is 442 g/mol. The van der Waals surface area contributed by atoms with E-state index in [4.69, 9.17) is 19.5 Å². The Kier molecular flexibility index (Phi) is 6.89. The second-order valence-electron chi connectivity index (χ2n) is 7.01. The number of carbonyl (C=O) groups excluding carboxylic acids is 1. The average Bonchev–Trinajstić information content (AvgIpc) is 3.24. The lowest BCUT2D eigenvalue weighted by molar-refractivity contribution is -0.106. The van der Waals surface area contributed by atoms with Gasteiger partial charge in [-0.05, 0) is 41.8 Å². The van der Waals surface area contributed by atoms with E-state index < -0.39 is 20.4 Å². The van der Waals surface area contributed by atoms with E-state index in [9.17, 15) is 9.59 Å². The van der Waals surface area contributed by atoms with Gasteiger partial charge in [-0.2, -0.15) is 4.98 Å². The maximum Gasteiger partial charge on any atom is 0.351 e. The molecule has 0 spiro atoms. The second kappa shape index (κ2) is 9.98. The van der Waals surface area contributed by atoms with Crippen molar-refractivity contribution in [2.24, 2.45) is 0 Å². The predicted molar refractivity (Wildman–Crippen MR) is 118 cm³/mol. The molecule has 0 aliphatic carbocycles. The van der Waals surface area contributed by atoms with Crippen molar-refractivity contribution in [1.82, 2.24) is 14.6 Å². The minimum absolute atomic E-state index is 0.111. The highest BCUT2D eigenvalue weighted by Crippen LogP contribution is 2.38. The molecule has 0 saturated carbocycles. The smallest absolute Gasteiger partial charge is 0.351 e. The third-order valence-electron chi connectivity index (χ3n) is 4.84. The Bertz CT molecular complexity index is 1110. The van der Waals surface area contributed by atoms with Crippen LogP contribution in [0.1, 0.15) is 19.1 Å². The molecule has 1 aliphatic heterocycles. The number of nitrogens with two attached hydrogens (primary N) is 1. The van der Waals surface area contributed by atoms with Gasteiger partial charge in [-0.25, -0.2) is 9.88 Å². The molecule has 31 heavy (non-hydrogen) atoms. The number of ether oxygens (including phenoxy) is 1. The van der Waals surface area contributed by atoms with Gasteiger partial charge >= 0.3 is 14.2 Å². The lowest BCUT2D eigenvalue weighted by Crippen LogP contribution is -2.28. The Balaban J connectivity index is 1.36. The normalized spacial score (nSPS) is 19.4. The largest absolute Gasteiger partial charge is 0.436 e. The fraction of sp³-hybridized carbons (Fsp3) is 0.286. The maximum atomic E-state index is 12.0. The van der Waals surface area contributed by atoms with Crippen molar-refractivity contribution < 1.29 is 18.6 Å². The van der Waals surface area contributed by atoms with Gasteiger partial charge in [-0.1, -0.05) is 30.3 Å². The van der Waals surface area contributed by atoms with E-state index in [0.717, 1.165) is 17.1 Å². The zero-order chi connectivity index (χ0) is 21.6. The van der Waals surface area contributed by atoms with Gasteiger partial charge in [0.15, 0.2) is 0 Å². The fourth-order valence-corrected chi connectivity index (χ4v) is 4.38. The number of anilines is 1. The molecule has 3 atom stereocenters. The Hall–Kier alpha value is -2.84. The third-order valence-corrected chi connectivity index (χ3v) is 6.04. The third kappa shape index (κ3) is 5.45. The molecule has 162 valence electrons. The number of benzene rings is 2. The van der Waals surface area contributed by atoms with Gasteiger partial charge < -0.3 is 24.3 Å². The van der Waals surface area contributed by atoms with Gasteiger partial charge in [0.1, 0.15) is 24.1 Å². The number of hydrogen-bond acceptors (Lipinski definition) is 8. The summed E-state index contributed by atoms with van der Waals surface area (Å²) >= 11 is 0. The number of nitrogen functional groups attached to an aromatic ring is 1. The van der Waals surface area contributed by atoms with Crippen LogP contribution in [0.4, 0.5) is 5.82 Å². The number of fused-ring (bicyclic) bond motifs is 1. The highest BCUT2D eigenvalue weighted by molar-refractivity contribution is 7.45. The van der Waals surface area contributed by atoms with Crippen molar-refractivity contribution in [2.45, 2.75) is 25.2 Å². The van der Waals surface area contributed by atoms with Crippen molar-refractivity contribution in [1.29, 1.82) is 0 Å². The number of aromatic nitrogens is 2. The van der Waals surface area contributed by atoms with Crippen LogP contribution in [0.15, 0.2) is 59.5 Å². The first-order valence-electron chi connectivity index (χ1n) is 9.89. The molecule has 1 fully saturated rings. The Morgan fingerprint density at radius 3 is 2.87 bits per heavy atom. The molecule has 3 N–H and O–H groups in total. The number of aldehydes is 1. The Morgan fingerprint density at radius 1 is 1.23 bits per heavy atom. The summed E-state index contributed by atoms with van der Waals surface area (Å²) in [4.78, 5) is 26.6. The molecular weight excluding hydrogens is 419 g/mol. The van der Waals surface area contributed by atoms with Gasteiger partial charge in [-0.15, -0.1) is 0 Å². The van der Waals surface area contributed by atoms with Crippen LogP contribution < -0.4 is 21.0 Å². The average molecular weight is 442 g/mol. The minimum atomic E-state index is -1.55. The van der Waals surface area contributed by atoms with Crippen LogP contribution in [0.5, 0.6) is 5.75 Å². The van der Waals surface area contributed by atoms with Crippen molar-refractivity contribution >= 4 is 31.4 Å². The van der Waals surface area contributed by atoms with E-state index in [1.807, 2.05) is 42.5 Å². The first-order valence-corrected chi connectivity index (χ1v) is 11.1. The summed E-state index contributed by atoms with van der Waals surface area (Å²) in [5, 5.41) is 5.13. The molecule has 0 amide bonds. The van der Waals surface area contributed by atoms with Crippen LogP contribution in [0.3, 0.4) is 0 Å². The van der Waals surface area contributed by atoms with Crippen LogP contribution in [0.25, 0.3) is 10.8 Å². The highest BCUT2D eigenvalue weighted by atomic mass is 31.2. The molecule has 2 heterocycles. The van der Waals surface area contributed by atoms with Crippen LogP contribution in [-0.2, 0) is 14.1 Å². The van der Waals surface area contributed by atoms with Gasteiger partial charge in [0.2, 0.25) is 0 Å². The van der Waals surface area contributed by atoms with Crippen molar-refractivity contribution in [2.75, 3.05) is 18.9 Å².